The molecule has 3 amide bonds. The van der Waals surface area contributed by atoms with E-state index in [1.54, 1.807) is 14.1 Å². The number of rotatable bonds is 5. The average molecular weight is 318 g/mol. The Labute approximate surface area is 137 Å². The zero-order valence-corrected chi connectivity index (χ0v) is 14.2. The van der Waals surface area contributed by atoms with Crippen LogP contribution in [0.2, 0.25) is 0 Å². The van der Waals surface area contributed by atoms with Crippen LogP contribution in [0.5, 0.6) is 0 Å². The summed E-state index contributed by atoms with van der Waals surface area (Å²) in [6.45, 7) is 4.81. The van der Waals surface area contributed by atoms with Crippen LogP contribution < -0.4 is 15.5 Å². The first-order chi connectivity index (χ1) is 11.0. The molecule has 1 aliphatic rings. The highest BCUT2D eigenvalue weighted by Crippen LogP contribution is 2.25. The number of anilines is 1. The Hall–Kier alpha value is -2.24. The Morgan fingerprint density at radius 1 is 1.13 bits per heavy atom. The minimum atomic E-state index is -0.160. The summed E-state index contributed by atoms with van der Waals surface area (Å²) in [5.74, 6) is -0.0882. The Morgan fingerprint density at radius 2 is 1.78 bits per heavy atom. The van der Waals surface area contributed by atoms with Crippen LogP contribution in [-0.4, -0.2) is 57.1 Å². The van der Waals surface area contributed by atoms with Gasteiger partial charge in [-0.1, -0.05) is 11.6 Å². The lowest BCUT2D eigenvalue weighted by Gasteiger charge is -2.21. The molecule has 6 nitrogen and oxygen atoms in total. The summed E-state index contributed by atoms with van der Waals surface area (Å²) in [4.78, 5) is 27.6. The second kappa shape index (κ2) is 7.85. The highest BCUT2D eigenvalue weighted by Gasteiger charge is 2.19. The Morgan fingerprint density at radius 3 is 2.43 bits per heavy atom. The largest absolute Gasteiger partial charge is 0.371 e. The van der Waals surface area contributed by atoms with Crippen molar-refractivity contribution in [2.45, 2.75) is 19.8 Å². The summed E-state index contributed by atoms with van der Waals surface area (Å²) >= 11 is 0. The second-order valence-corrected chi connectivity index (χ2v) is 6.10. The zero-order valence-electron chi connectivity index (χ0n) is 14.2. The highest BCUT2D eigenvalue weighted by atomic mass is 16.2. The van der Waals surface area contributed by atoms with E-state index in [9.17, 15) is 9.59 Å². The molecule has 126 valence electrons. The van der Waals surface area contributed by atoms with Crippen LogP contribution >= 0.6 is 0 Å². The molecule has 0 radical (unpaired) electrons. The SMILES string of the molecule is Cc1ccc(N2CCCC2)c(C(=O)NCCNC(=O)N(C)C)c1. The van der Waals surface area contributed by atoms with Crippen LogP contribution in [0.1, 0.15) is 28.8 Å². The maximum atomic E-state index is 12.5. The zero-order chi connectivity index (χ0) is 16.8. The van der Waals surface area contributed by atoms with E-state index in [1.807, 2.05) is 25.1 Å². The van der Waals surface area contributed by atoms with E-state index in [-0.39, 0.29) is 11.9 Å². The molecular weight excluding hydrogens is 292 g/mol. The first-order valence-electron chi connectivity index (χ1n) is 8.08. The van der Waals surface area contributed by atoms with Crippen molar-refractivity contribution in [3.8, 4) is 0 Å². The van der Waals surface area contributed by atoms with E-state index in [4.69, 9.17) is 0 Å². The van der Waals surface area contributed by atoms with Gasteiger partial charge in [0.2, 0.25) is 0 Å². The van der Waals surface area contributed by atoms with Gasteiger partial charge >= 0.3 is 6.03 Å². The molecule has 6 heteroatoms. The molecule has 1 aliphatic heterocycles. The molecule has 1 aromatic carbocycles. The van der Waals surface area contributed by atoms with Crippen molar-refractivity contribution in [2.24, 2.45) is 0 Å². The van der Waals surface area contributed by atoms with Gasteiger partial charge in [0.25, 0.3) is 5.91 Å². The van der Waals surface area contributed by atoms with Gasteiger partial charge in [-0.2, -0.15) is 0 Å². The predicted molar refractivity (Wildman–Crippen MR) is 92.0 cm³/mol. The normalized spacial score (nSPS) is 13.8. The quantitative estimate of drug-likeness (QED) is 0.811. The number of carbonyl (C=O) groups excluding carboxylic acids is 2. The topological polar surface area (TPSA) is 64.7 Å². The van der Waals surface area contributed by atoms with Crippen molar-refractivity contribution in [3.63, 3.8) is 0 Å². The fourth-order valence-corrected chi connectivity index (χ4v) is 2.66. The van der Waals surface area contributed by atoms with Gasteiger partial charge in [0.05, 0.1) is 5.56 Å². The molecular formula is C17H26N4O2. The van der Waals surface area contributed by atoms with E-state index < -0.39 is 0 Å². The van der Waals surface area contributed by atoms with Crippen LogP contribution in [0, 0.1) is 6.92 Å². The van der Waals surface area contributed by atoms with Crippen molar-refractivity contribution in [3.05, 3.63) is 29.3 Å². The van der Waals surface area contributed by atoms with E-state index in [0.717, 1.165) is 24.3 Å². The molecule has 0 atom stereocenters. The standard InChI is InChI=1S/C17H26N4O2/c1-13-6-7-15(21-10-4-5-11-21)14(12-13)16(22)18-8-9-19-17(23)20(2)3/h6-7,12H,4-5,8-11H2,1-3H3,(H,18,22)(H,19,23). The maximum absolute atomic E-state index is 12.5. The van der Waals surface area contributed by atoms with Gasteiger partial charge < -0.3 is 20.4 Å². The van der Waals surface area contributed by atoms with Crippen molar-refractivity contribution >= 4 is 17.6 Å². The number of urea groups is 1. The molecule has 2 rings (SSSR count). The van der Waals surface area contributed by atoms with Crippen LogP contribution in [0.15, 0.2) is 18.2 Å². The van der Waals surface area contributed by atoms with Crippen LogP contribution in [0.25, 0.3) is 0 Å². The van der Waals surface area contributed by atoms with Gasteiger partial charge in [-0.15, -0.1) is 0 Å². The number of benzene rings is 1. The predicted octanol–water partition coefficient (Wildman–Crippen LogP) is 1.60. The van der Waals surface area contributed by atoms with Gasteiger partial charge in [-0.3, -0.25) is 4.79 Å². The molecule has 0 spiro atoms. The Balaban J connectivity index is 1.95. The molecule has 23 heavy (non-hydrogen) atoms. The molecule has 1 heterocycles. The first-order valence-corrected chi connectivity index (χ1v) is 8.08. The summed E-state index contributed by atoms with van der Waals surface area (Å²) in [6.07, 6.45) is 2.34. The fraction of sp³-hybridized carbons (Fsp3) is 0.529. The van der Waals surface area contributed by atoms with Crippen molar-refractivity contribution in [1.29, 1.82) is 0 Å². The number of hydrogen-bond donors (Lipinski definition) is 2. The summed E-state index contributed by atoms with van der Waals surface area (Å²) in [7, 11) is 3.37. The summed E-state index contributed by atoms with van der Waals surface area (Å²) in [5, 5.41) is 5.62. The van der Waals surface area contributed by atoms with Crippen LogP contribution in [0.3, 0.4) is 0 Å². The second-order valence-electron chi connectivity index (χ2n) is 6.10. The van der Waals surface area contributed by atoms with Gasteiger partial charge in [-0.05, 0) is 31.9 Å². The number of carbonyl (C=O) groups is 2. The third-order valence-electron chi connectivity index (χ3n) is 3.94. The molecule has 0 unspecified atom stereocenters. The number of aryl methyl sites for hydroxylation is 1. The molecule has 0 bridgehead atoms. The molecule has 2 N–H and O–H groups in total. The number of amides is 3. The Kier molecular flexibility index (Phi) is 5.84. The lowest BCUT2D eigenvalue weighted by Crippen LogP contribution is -2.39. The van der Waals surface area contributed by atoms with Gasteiger partial charge in [0.15, 0.2) is 0 Å². The van der Waals surface area contributed by atoms with Gasteiger partial charge in [0, 0.05) is 46.0 Å². The average Bonchev–Trinajstić information content (AvgIpc) is 3.05. The fourth-order valence-electron chi connectivity index (χ4n) is 2.66. The van der Waals surface area contributed by atoms with Crippen molar-refractivity contribution < 1.29 is 9.59 Å². The third-order valence-corrected chi connectivity index (χ3v) is 3.94. The van der Waals surface area contributed by atoms with Gasteiger partial charge in [-0.25, -0.2) is 4.79 Å². The number of nitrogens with one attached hydrogen (secondary N) is 2. The molecule has 0 aromatic heterocycles. The minimum Gasteiger partial charge on any atom is -0.371 e. The van der Waals surface area contributed by atoms with E-state index in [1.165, 1.54) is 17.7 Å². The summed E-state index contributed by atoms with van der Waals surface area (Å²) in [6, 6.07) is 5.85. The molecule has 1 fully saturated rings. The summed E-state index contributed by atoms with van der Waals surface area (Å²) < 4.78 is 0. The molecule has 0 saturated carbocycles. The number of hydrogen-bond acceptors (Lipinski definition) is 3. The lowest BCUT2D eigenvalue weighted by atomic mass is 10.1. The van der Waals surface area contributed by atoms with Crippen molar-refractivity contribution in [2.75, 3.05) is 45.2 Å². The summed E-state index contributed by atoms with van der Waals surface area (Å²) in [5.41, 5.74) is 2.78. The minimum absolute atomic E-state index is 0.0882. The lowest BCUT2D eigenvalue weighted by molar-refractivity contribution is 0.0954. The van der Waals surface area contributed by atoms with E-state index in [2.05, 4.69) is 15.5 Å². The maximum Gasteiger partial charge on any atom is 0.316 e. The Bertz CT molecular complexity index is 566. The highest BCUT2D eigenvalue weighted by molar-refractivity contribution is 6.00. The van der Waals surface area contributed by atoms with E-state index >= 15 is 0 Å². The molecule has 1 saturated heterocycles. The third kappa shape index (κ3) is 4.61. The monoisotopic (exact) mass is 318 g/mol. The van der Waals surface area contributed by atoms with Crippen LogP contribution in [-0.2, 0) is 0 Å². The van der Waals surface area contributed by atoms with Gasteiger partial charge in [0.1, 0.15) is 0 Å². The molecule has 1 aromatic rings. The first kappa shape index (κ1) is 17.1. The molecule has 0 aliphatic carbocycles. The van der Waals surface area contributed by atoms with E-state index in [0.29, 0.717) is 18.7 Å². The van der Waals surface area contributed by atoms with Crippen molar-refractivity contribution in [1.82, 2.24) is 15.5 Å². The van der Waals surface area contributed by atoms with Crippen LogP contribution in [0.4, 0.5) is 10.5 Å². The number of nitrogens with zero attached hydrogens (tertiary/aromatic N) is 2. The smallest absolute Gasteiger partial charge is 0.316 e.